The van der Waals surface area contributed by atoms with Gasteiger partial charge in [0.15, 0.2) is 0 Å². The Labute approximate surface area is 109 Å². The summed E-state index contributed by atoms with van der Waals surface area (Å²) >= 11 is 0. The van der Waals surface area contributed by atoms with Crippen molar-refractivity contribution >= 4 is 10.9 Å². The van der Waals surface area contributed by atoms with E-state index < -0.39 is 0 Å². The molecule has 2 aromatic rings. The van der Waals surface area contributed by atoms with Gasteiger partial charge in [-0.1, -0.05) is 18.2 Å². The predicted octanol–water partition coefficient (Wildman–Crippen LogP) is 2.38. The molecular weight excluding hydrogens is 224 g/mol. The number of para-hydroxylation sites is 1. The lowest BCUT2D eigenvalue weighted by molar-refractivity contribution is 0.0737. The number of aromatic nitrogens is 1. The molecule has 0 radical (unpaired) electrons. The molecule has 0 fully saturated rings. The van der Waals surface area contributed by atoms with E-state index in [0.29, 0.717) is 0 Å². The van der Waals surface area contributed by atoms with Crippen molar-refractivity contribution in [1.29, 1.82) is 0 Å². The predicted molar refractivity (Wildman–Crippen MR) is 75.6 cm³/mol. The van der Waals surface area contributed by atoms with Gasteiger partial charge in [0.2, 0.25) is 0 Å². The molecule has 1 aromatic carbocycles. The first-order chi connectivity index (χ1) is 8.45. The van der Waals surface area contributed by atoms with Gasteiger partial charge in [-0.25, -0.2) is 0 Å². The lowest BCUT2D eigenvalue weighted by Crippen LogP contribution is -2.43. The first kappa shape index (κ1) is 13.1. The summed E-state index contributed by atoms with van der Waals surface area (Å²) < 4.78 is 2.16. The molecule has 0 amide bonds. The average molecular weight is 246 g/mol. The van der Waals surface area contributed by atoms with Gasteiger partial charge in [0.05, 0.1) is 6.61 Å². The lowest BCUT2D eigenvalue weighted by Gasteiger charge is -2.33. The second kappa shape index (κ2) is 4.75. The van der Waals surface area contributed by atoms with Crippen LogP contribution in [-0.2, 0) is 13.6 Å². The molecule has 0 aliphatic rings. The Bertz CT molecular complexity index is 542. The number of aliphatic hydroxyl groups excluding tert-OH is 1. The first-order valence-electron chi connectivity index (χ1n) is 6.31. The molecule has 0 spiro atoms. The Balaban J connectivity index is 2.33. The third kappa shape index (κ3) is 2.28. The maximum atomic E-state index is 9.41. The van der Waals surface area contributed by atoms with Crippen LogP contribution in [-0.4, -0.2) is 33.8 Å². The van der Waals surface area contributed by atoms with E-state index in [1.54, 1.807) is 0 Å². The van der Waals surface area contributed by atoms with Gasteiger partial charge in [-0.3, -0.25) is 4.90 Å². The second-order valence-corrected chi connectivity index (χ2v) is 5.61. The molecule has 0 atom stereocenters. The molecule has 1 aromatic heterocycles. The molecule has 0 unspecified atom stereocenters. The van der Waals surface area contributed by atoms with E-state index in [1.807, 2.05) is 0 Å². The highest BCUT2D eigenvalue weighted by Crippen LogP contribution is 2.23. The maximum Gasteiger partial charge on any atom is 0.0610 e. The van der Waals surface area contributed by atoms with Gasteiger partial charge in [-0.2, -0.15) is 0 Å². The van der Waals surface area contributed by atoms with Crippen LogP contribution in [0, 0.1) is 0 Å². The lowest BCUT2D eigenvalue weighted by atomic mass is 10.0. The molecule has 1 N–H and O–H groups in total. The third-order valence-corrected chi connectivity index (χ3v) is 3.81. The Morgan fingerprint density at radius 1 is 1.28 bits per heavy atom. The van der Waals surface area contributed by atoms with Gasteiger partial charge >= 0.3 is 0 Å². The van der Waals surface area contributed by atoms with Crippen LogP contribution in [0.2, 0.25) is 0 Å². The van der Waals surface area contributed by atoms with E-state index >= 15 is 0 Å². The molecule has 0 saturated carbocycles. The zero-order chi connectivity index (χ0) is 13.3. The van der Waals surface area contributed by atoms with Gasteiger partial charge in [-0.15, -0.1) is 0 Å². The molecule has 0 aliphatic carbocycles. The van der Waals surface area contributed by atoms with Crippen molar-refractivity contribution in [2.24, 2.45) is 7.05 Å². The molecular formula is C15H22N2O. The molecule has 98 valence electrons. The summed E-state index contributed by atoms with van der Waals surface area (Å²) in [7, 11) is 4.13. The fraction of sp³-hybridized carbons (Fsp3) is 0.467. The van der Waals surface area contributed by atoms with Crippen molar-refractivity contribution in [2.75, 3.05) is 13.7 Å². The van der Waals surface area contributed by atoms with Crippen LogP contribution in [0.4, 0.5) is 0 Å². The number of rotatable bonds is 4. The molecule has 1 heterocycles. The zero-order valence-electron chi connectivity index (χ0n) is 11.6. The van der Waals surface area contributed by atoms with Crippen molar-refractivity contribution in [3.63, 3.8) is 0 Å². The number of likely N-dealkylation sites (N-methyl/N-ethyl adjacent to an activating group) is 1. The minimum atomic E-state index is -0.197. The summed E-state index contributed by atoms with van der Waals surface area (Å²) in [4.78, 5) is 2.19. The third-order valence-electron chi connectivity index (χ3n) is 3.81. The van der Waals surface area contributed by atoms with Crippen LogP contribution >= 0.6 is 0 Å². The van der Waals surface area contributed by atoms with Crippen LogP contribution in [0.3, 0.4) is 0 Å². The minimum absolute atomic E-state index is 0.161. The summed E-state index contributed by atoms with van der Waals surface area (Å²) in [5.41, 5.74) is 2.36. The van der Waals surface area contributed by atoms with Gasteiger partial charge in [0.25, 0.3) is 0 Å². The summed E-state index contributed by atoms with van der Waals surface area (Å²) in [6.07, 6.45) is 2.18. The Kier molecular flexibility index (Phi) is 3.46. The number of benzene rings is 1. The quantitative estimate of drug-likeness (QED) is 0.897. The van der Waals surface area contributed by atoms with E-state index in [4.69, 9.17) is 0 Å². The fourth-order valence-electron chi connectivity index (χ4n) is 2.14. The molecule has 0 aliphatic heterocycles. The SMILES string of the molecule is CN(Cc1cn(C)c2ccccc12)C(C)(C)CO. The summed E-state index contributed by atoms with van der Waals surface area (Å²) in [5.74, 6) is 0. The number of aryl methyl sites for hydroxylation is 1. The summed E-state index contributed by atoms with van der Waals surface area (Å²) in [6, 6.07) is 8.43. The molecule has 18 heavy (non-hydrogen) atoms. The first-order valence-corrected chi connectivity index (χ1v) is 6.31. The van der Waals surface area contributed by atoms with Crippen LogP contribution in [0.15, 0.2) is 30.5 Å². The van der Waals surface area contributed by atoms with Crippen molar-refractivity contribution in [3.05, 3.63) is 36.0 Å². The van der Waals surface area contributed by atoms with Gasteiger partial charge in [0, 0.05) is 36.2 Å². The van der Waals surface area contributed by atoms with Crippen molar-refractivity contribution < 1.29 is 5.11 Å². The Hall–Kier alpha value is -1.32. The van der Waals surface area contributed by atoms with Crippen molar-refractivity contribution in [2.45, 2.75) is 25.9 Å². The van der Waals surface area contributed by atoms with Gasteiger partial charge < -0.3 is 9.67 Å². The number of hydrogen-bond donors (Lipinski definition) is 1. The van der Waals surface area contributed by atoms with Crippen molar-refractivity contribution in [1.82, 2.24) is 9.47 Å². The summed E-state index contributed by atoms with van der Waals surface area (Å²) in [6.45, 7) is 5.11. The normalized spacial score (nSPS) is 12.6. The van der Waals surface area contributed by atoms with Gasteiger partial charge in [-0.05, 0) is 32.5 Å². The van der Waals surface area contributed by atoms with Crippen LogP contribution < -0.4 is 0 Å². The fourth-order valence-corrected chi connectivity index (χ4v) is 2.14. The molecule has 3 nitrogen and oxygen atoms in total. The smallest absolute Gasteiger partial charge is 0.0610 e. The standard InChI is InChI=1S/C15H22N2O/c1-15(2,11-18)17(4)10-12-9-16(3)14-8-6-5-7-13(12)14/h5-9,18H,10-11H2,1-4H3. The number of hydrogen-bond acceptors (Lipinski definition) is 2. The molecule has 2 rings (SSSR count). The van der Waals surface area contributed by atoms with Crippen LogP contribution in [0.1, 0.15) is 19.4 Å². The molecule has 0 bridgehead atoms. The summed E-state index contributed by atoms with van der Waals surface area (Å²) in [5, 5.41) is 10.7. The molecule has 0 saturated heterocycles. The van der Waals surface area contributed by atoms with Crippen LogP contribution in [0.5, 0.6) is 0 Å². The van der Waals surface area contributed by atoms with E-state index in [0.717, 1.165) is 6.54 Å². The second-order valence-electron chi connectivity index (χ2n) is 5.61. The van der Waals surface area contributed by atoms with E-state index in [-0.39, 0.29) is 12.1 Å². The Morgan fingerprint density at radius 3 is 2.61 bits per heavy atom. The minimum Gasteiger partial charge on any atom is -0.394 e. The average Bonchev–Trinajstić information content (AvgIpc) is 2.67. The number of fused-ring (bicyclic) bond motifs is 1. The van der Waals surface area contributed by atoms with E-state index in [2.05, 4.69) is 67.9 Å². The van der Waals surface area contributed by atoms with Crippen molar-refractivity contribution in [3.8, 4) is 0 Å². The number of nitrogens with zero attached hydrogens (tertiary/aromatic N) is 2. The maximum absolute atomic E-state index is 9.41. The highest BCUT2D eigenvalue weighted by Gasteiger charge is 2.23. The zero-order valence-corrected chi connectivity index (χ0v) is 11.6. The number of aliphatic hydroxyl groups is 1. The monoisotopic (exact) mass is 246 g/mol. The van der Waals surface area contributed by atoms with E-state index in [1.165, 1.54) is 16.5 Å². The van der Waals surface area contributed by atoms with E-state index in [9.17, 15) is 5.11 Å². The topological polar surface area (TPSA) is 28.4 Å². The Morgan fingerprint density at radius 2 is 1.94 bits per heavy atom. The largest absolute Gasteiger partial charge is 0.394 e. The molecule has 3 heteroatoms. The highest BCUT2D eigenvalue weighted by molar-refractivity contribution is 5.83. The highest BCUT2D eigenvalue weighted by atomic mass is 16.3. The van der Waals surface area contributed by atoms with Gasteiger partial charge in [0.1, 0.15) is 0 Å². The van der Waals surface area contributed by atoms with Crippen LogP contribution in [0.25, 0.3) is 10.9 Å².